The summed E-state index contributed by atoms with van der Waals surface area (Å²) >= 11 is 11.7. The summed E-state index contributed by atoms with van der Waals surface area (Å²) < 4.78 is 0. The molecule has 0 saturated heterocycles. The smallest absolute Gasteiger partial charge is 0.259 e. The fourth-order valence-electron chi connectivity index (χ4n) is 2.46. The summed E-state index contributed by atoms with van der Waals surface area (Å²) in [5.74, 6) is -0.922. The summed E-state index contributed by atoms with van der Waals surface area (Å²) in [7, 11) is 0. The maximum Gasteiger partial charge on any atom is 0.259 e. The Morgan fingerprint density at radius 2 is 1.65 bits per heavy atom. The van der Waals surface area contributed by atoms with Gasteiger partial charge in [-0.2, -0.15) is 0 Å². The van der Waals surface area contributed by atoms with Gasteiger partial charge in [0.05, 0.1) is 12.0 Å². The van der Waals surface area contributed by atoms with Crippen molar-refractivity contribution in [3.63, 3.8) is 0 Å². The zero-order valence-corrected chi connectivity index (χ0v) is 15.0. The number of aromatic amines is 1. The number of hydrogen-bond donors (Lipinski definition) is 1. The number of benzene rings is 2. The predicted octanol–water partition coefficient (Wildman–Crippen LogP) is 4.69. The number of rotatable bonds is 5. The van der Waals surface area contributed by atoms with Crippen LogP contribution < -0.4 is 5.56 Å². The zero-order valence-electron chi connectivity index (χ0n) is 13.5. The Bertz CT molecular complexity index is 1080. The number of carbonyl (C=O) groups excluding carboxylic acids is 2. The standard InChI is InChI=1S/C20H13Cl2NO3/c21-14-5-1-12(2-6-14)3-8-16(24)11-19(25)17-9-13-4-7-15(22)10-18(13)23-20(17)26/h1-10H,11H2,(H,23,26)/b8-3+. The molecule has 0 amide bonds. The van der Waals surface area contributed by atoms with Crippen molar-refractivity contribution in [3.8, 4) is 0 Å². The van der Waals surface area contributed by atoms with Crippen molar-refractivity contribution >= 4 is 51.7 Å². The zero-order chi connectivity index (χ0) is 18.7. The first-order valence-electron chi connectivity index (χ1n) is 7.74. The molecule has 26 heavy (non-hydrogen) atoms. The summed E-state index contributed by atoms with van der Waals surface area (Å²) in [4.78, 5) is 39.1. The van der Waals surface area contributed by atoms with E-state index in [1.54, 1.807) is 48.5 Å². The number of fused-ring (bicyclic) bond motifs is 1. The first-order valence-corrected chi connectivity index (χ1v) is 8.50. The SMILES string of the molecule is O=C(/C=C/c1ccc(Cl)cc1)CC(=O)c1cc2ccc(Cl)cc2[nH]c1=O. The minimum atomic E-state index is -0.542. The number of hydrogen-bond acceptors (Lipinski definition) is 3. The third-order valence-corrected chi connectivity index (χ3v) is 4.26. The predicted molar refractivity (Wildman–Crippen MR) is 104 cm³/mol. The van der Waals surface area contributed by atoms with Gasteiger partial charge in [-0.3, -0.25) is 14.4 Å². The molecule has 3 rings (SSSR count). The van der Waals surface area contributed by atoms with Crippen molar-refractivity contribution in [1.29, 1.82) is 0 Å². The number of H-pyrrole nitrogens is 1. The second-order valence-electron chi connectivity index (χ2n) is 5.69. The molecule has 0 aliphatic heterocycles. The molecule has 1 aromatic heterocycles. The molecule has 0 fully saturated rings. The molecule has 0 spiro atoms. The van der Waals surface area contributed by atoms with Crippen LogP contribution in [-0.4, -0.2) is 16.6 Å². The maximum absolute atomic E-state index is 12.3. The van der Waals surface area contributed by atoms with Gasteiger partial charge in [0.1, 0.15) is 0 Å². The second-order valence-corrected chi connectivity index (χ2v) is 6.57. The van der Waals surface area contributed by atoms with Gasteiger partial charge in [0.25, 0.3) is 5.56 Å². The van der Waals surface area contributed by atoms with Gasteiger partial charge in [-0.25, -0.2) is 0 Å². The highest BCUT2D eigenvalue weighted by Gasteiger charge is 2.15. The van der Waals surface area contributed by atoms with Crippen LogP contribution in [0, 0.1) is 0 Å². The van der Waals surface area contributed by atoms with Crippen molar-refractivity contribution in [2.24, 2.45) is 0 Å². The normalized spacial score (nSPS) is 11.2. The summed E-state index contributed by atoms with van der Waals surface area (Å²) in [6.07, 6.45) is 2.53. The van der Waals surface area contributed by atoms with Gasteiger partial charge in [-0.15, -0.1) is 0 Å². The average Bonchev–Trinajstić information content (AvgIpc) is 2.60. The number of nitrogens with one attached hydrogen (secondary N) is 1. The molecule has 0 saturated carbocycles. The largest absolute Gasteiger partial charge is 0.321 e. The van der Waals surface area contributed by atoms with Gasteiger partial charge in [-0.1, -0.05) is 47.5 Å². The fourth-order valence-corrected chi connectivity index (χ4v) is 2.75. The van der Waals surface area contributed by atoms with E-state index in [1.807, 2.05) is 0 Å². The summed E-state index contributed by atoms with van der Waals surface area (Å²) in [5.41, 5.74) is 0.732. The van der Waals surface area contributed by atoms with E-state index in [9.17, 15) is 14.4 Å². The van der Waals surface area contributed by atoms with E-state index in [1.165, 1.54) is 12.1 Å². The van der Waals surface area contributed by atoms with Gasteiger partial charge < -0.3 is 4.98 Å². The highest BCUT2D eigenvalue weighted by Crippen LogP contribution is 2.17. The number of allylic oxidation sites excluding steroid dienone is 1. The molecular weight excluding hydrogens is 373 g/mol. The molecule has 0 aliphatic rings. The van der Waals surface area contributed by atoms with E-state index >= 15 is 0 Å². The monoisotopic (exact) mass is 385 g/mol. The molecule has 1 N–H and O–H groups in total. The highest BCUT2D eigenvalue weighted by atomic mass is 35.5. The van der Waals surface area contributed by atoms with E-state index in [-0.39, 0.29) is 17.8 Å². The van der Waals surface area contributed by atoms with Crippen LogP contribution >= 0.6 is 23.2 Å². The van der Waals surface area contributed by atoms with Crippen LogP contribution in [0.5, 0.6) is 0 Å². The molecule has 4 nitrogen and oxygen atoms in total. The highest BCUT2D eigenvalue weighted by molar-refractivity contribution is 6.31. The molecule has 0 aliphatic carbocycles. The molecule has 2 aromatic carbocycles. The van der Waals surface area contributed by atoms with Gasteiger partial charge in [0.2, 0.25) is 0 Å². The first kappa shape index (κ1) is 18.1. The molecule has 0 radical (unpaired) electrons. The average molecular weight is 386 g/mol. The molecule has 3 aromatic rings. The lowest BCUT2D eigenvalue weighted by Crippen LogP contribution is -2.19. The Hall–Kier alpha value is -2.69. The van der Waals surface area contributed by atoms with Gasteiger partial charge in [0.15, 0.2) is 11.6 Å². The Labute approximate surface area is 159 Å². The second kappa shape index (κ2) is 7.68. The van der Waals surface area contributed by atoms with Crippen molar-refractivity contribution in [3.05, 3.63) is 86.1 Å². The van der Waals surface area contributed by atoms with Crippen LogP contribution in [0.25, 0.3) is 17.0 Å². The number of carbonyl (C=O) groups is 2. The Morgan fingerprint density at radius 1 is 0.962 bits per heavy atom. The van der Waals surface area contributed by atoms with E-state index in [0.29, 0.717) is 20.9 Å². The number of Topliss-reactive ketones (excluding diaryl/α,β-unsaturated/α-hetero) is 1. The van der Waals surface area contributed by atoms with Crippen LogP contribution in [0.15, 0.2) is 59.4 Å². The van der Waals surface area contributed by atoms with Crippen molar-refractivity contribution < 1.29 is 9.59 Å². The minimum Gasteiger partial charge on any atom is -0.321 e. The quantitative estimate of drug-likeness (QED) is 0.393. The number of aromatic nitrogens is 1. The van der Waals surface area contributed by atoms with Crippen LogP contribution in [0.2, 0.25) is 10.0 Å². The summed E-state index contributed by atoms with van der Waals surface area (Å²) in [6.45, 7) is 0. The lowest BCUT2D eigenvalue weighted by Gasteiger charge is -2.02. The minimum absolute atomic E-state index is 0.0481. The fraction of sp³-hybridized carbons (Fsp3) is 0.0500. The van der Waals surface area contributed by atoms with E-state index in [0.717, 1.165) is 5.56 Å². The number of halogens is 2. The topological polar surface area (TPSA) is 67.0 Å². The Balaban J connectivity index is 1.77. The van der Waals surface area contributed by atoms with Gasteiger partial charge in [0, 0.05) is 15.6 Å². The Kier molecular flexibility index (Phi) is 5.35. The first-order chi connectivity index (χ1) is 12.4. The molecule has 0 unspecified atom stereocenters. The van der Waals surface area contributed by atoms with Crippen LogP contribution in [0.3, 0.4) is 0 Å². The summed E-state index contributed by atoms with van der Waals surface area (Å²) in [5, 5.41) is 1.75. The van der Waals surface area contributed by atoms with Crippen molar-refractivity contribution in [2.75, 3.05) is 0 Å². The number of pyridine rings is 1. The Morgan fingerprint density at radius 3 is 2.38 bits per heavy atom. The lowest BCUT2D eigenvalue weighted by atomic mass is 10.0. The third-order valence-electron chi connectivity index (χ3n) is 3.77. The number of ketones is 2. The van der Waals surface area contributed by atoms with Crippen molar-refractivity contribution in [1.82, 2.24) is 4.98 Å². The summed E-state index contributed by atoms with van der Waals surface area (Å²) in [6, 6.07) is 13.4. The molecule has 0 bridgehead atoms. The molecular formula is C20H13Cl2NO3. The maximum atomic E-state index is 12.3. The van der Waals surface area contributed by atoms with Crippen molar-refractivity contribution in [2.45, 2.75) is 6.42 Å². The molecule has 0 atom stereocenters. The van der Waals surface area contributed by atoms with Crippen LogP contribution in [0.1, 0.15) is 22.3 Å². The van der Waals surface area contributed by atoms with Gasteiger partial charge >= 0.3 is 0 Å². The van der Waals surface area contributed by atoms with E-state index in [2.05, 4.69) is 4.98 Å². The molecule has 130 valence electrons. The van der Waals surface area contributed by atoms with E-state index < -0.39 is 11.3 Å². The van der Waals surface area contributed by atoms with E-state index in [4.69, 9.17) is 23.2 Å². The third kappa shape index (κ3) is 4.28. The van der Waals surface area contributed by atoms with Crippen LogP contribution in [0.4, 0.5) is 0 Å². The molecule has 1 heterocycles. The van der Waals surface area contributed by atoms with Crippen LogP contribution in [-0.2, 0) is 4.79 Å². The van der Waals surface area contributed by atoms with Gasteiger partial charge in [-0.05, 0) is 47.4 Å². The lowest BCUT2D eigenvalue weighted by molar-refractivity contribution is -0.113. The molecule has 6 heteroatoms.